The largest absolute Gasteiger partial charge is 0.356 e. The lowest BCUT2D eigenvalue weighted by Gasteiger charge is -2.37. The van der Waals surface area contributed by atoms with Gasteiger partial charge in [-0.1, -0.05) is 0 Å². The molecule has 2 aromatic heterocycles. The molecule has 0 aromatic carbocycles. The summed E-state index contributed by atoms with van der Waals surface area (Å²) in [6.45, 7) is 3.75. The molecule has 0 N–H and O–H groups in total. The van der Waals surface area contributed by atoms with Crippen LogP contribution in [0.3, 0.4) is 0 Å². The quantitative estimate of drug-likeness (QED) is 0.841. The minimum absolute atomic E-state index is 0.0225. The van der Waals surface area contributed by atoms with E-state index in [9.17, 15) is 4.79 Å². The van der Waals surface area contributed by atoms with E-state index in [4.69, 9.17) is 0 Å². The van der Waals surface area contributed by atoms with Crippen molar-refractivity contribution >= 4 is 11.6 Å². The van der Waals surface area contributed by atoms with E-state index in [-0.39, 0.29) is 5.56 Å². The van der Waals surface area contributed by atoms with Crippen molar-refractivity contribution in [1.29, 1.82) is 0 Å². The molecule has 3 heterocycles. The highest BCUT2D eigenvalue weighted by Crippen LogP contribution is 2.22. The fourth-order valence-corrected chi connectivity index (χ4v) is 2.93. The van der Waals surface area contributed by atoms with Crippen LogP contribution in [0.15, 0.2) is 29.6 Å². The van der Waals surface area contributed by atoms with Gasteiger partial charge in [-0.15, -0.1) is 0 Å². The zero-order valence-electron chi connectivity index (χ0n) is 13.8. The second kappa shape index (κ2) is 6.36. The van der Waals surface area contributed by atoms with E-state index in [1.54, 1.807) is 25.8 Å². The summed E-state index contributed by atoms with van der Waals surface area (Å²) in [5.41, 5.74) is 0.953. The van der Waals surface area contributed by atoms with E-state index in [0.717, 1.165) is 43.3 Å². The highest BCUT2D eigenvalue weighted by molar-refractivity contribution is 5.41. The molecule has 1 aliphatic rings. The van der Waals surface area contributed by atoms with Gasteiger partial charge < -0.3 is 14.4 Å². The maximum Gasteiger partial charge on any atom is 0.255 e. The molecular weight excluding hydrogens is 292 g/mol. The first-order valence-corrected chi connectivity index (χ1v) is 7.83. The van der Waals surface area contributed by atoms with E-state index >= 15 is 0 Å². The van der Waals surface area contributed by atoms with Crippen LogP contribution >= 0.6 is 0 Å². The maximum atomic E-state index is 11.7. The Morgan fingerprint density at radius 3 is 2.57 bits per heavy atom. The Morgan fingerprint density at radius 1 is 1.17 bits per heavy atom. The molecule has 0 bridgehead atoms. The van der Waals surface area contributed by atoms with Gasteiger partial charge in [-0.05, 0) is 19.8 Å². The fraction of sp³-hybridized carbons (Fsp3) is 0.500. The van der Waals surface area contributed by atoms with E-state index in [0.29, 0.717) is 6.04 Å². The molecule has 3 rings (SSSR count). The smallest absolute Gasteiger partial charge is 0.255 e. The van der Waals surface area contributed by atoms with Crippen molar-refractivity contribution in [1.82, 2.24) is 19.5 Å². The normalized spacial score (nSPS) is 15.7. The SMILES string of the molecule is Cc1cc(N(C)C2CCN(c3cc(=O)n(C)cn3)CC2)ncn1. The van der Waals surface area contributed by atoms with Gasteiger partial charge in [-0.2, -0.15) is 0 Å². The van der Waals surface area contributed by atoms with Gasteiger partial charge in [-0.25, -0.2) is 15.0 Å². The predicted octanol–water partition coefficient (Wildman–Crippen LogP) is 0.984. The second-order valence-corrected chi connectivity index (χ2v) is 6.04. The molecule has 0 atom stereocenters. The van der Waals surface area contributed by atoms with E-state index in [1.165, 1.54) is 4.57 Å². The summed E-state index contributed by atoms with van der Waals surface area (Å²) in [5, 5.41) is 0. The van der Waals surface area contributed by atoms with Crippen LogP contribution in [0.5, 0.6) is 0 Å². The van der Waals surface area contributed by atoms with E-state index in [1.807, 2.05) is 13.0 Å². The van der Waals surface area contributed by atoms with Crippen LogP contribution < -0.4 is 15.4 Å². The highest BCUT2D eigenvalue weighted by Gasteiger charge is 2.24. The minimum Gasteiger partial charge on any atom is -0.356 e. The Hall–Kier alpha value is -2.44. The molecular formula is C16H22N6O. The van der Waals surface area contributed by atoms with Crippen molar-refractivity contribution in [3.8, 4) is 0 Å². The molecule has 7 heteroatoms. The predicted molar refractivity (Wildman–Crippen MR) is 89.9 cm³/mol. The van der Waals surface area contributed by atoms with Crippen LogP contribution in [0.2, 0.25) is 0 Å². The Kier molecular flexibility index (Phi) is 4.27. The van der Waals surface area contributed by atoms with Crippen LogP contribution in [0.1, 0.15) is 18.5 Å². The number of rotatable bonds is 3. The molecule has 0 amide bonds. The van der Waals surface area contributed by atoms with E-state index < -0.39 is 0 Å². The summed E-state index contributed by atoms with van der Waals surface area (Å²) < 4.78 is 1.49. The molecule has 0 unspecified atom stereocenters. The molecule has 7 nitrogen and oxygen atoms in total. The molecule has 122 valence electrons. The van der Waals surface area contributed by atoms with E-state index in [2.05, 4.69) is 31.8 Å². The lowest BCUT2D eigenvalue weighted by molar-refractivity contribution is 0.477. The van der Waals surface area contributed by atoms with Crippen LogP contribution in [0, 0.1) is 6.92 Å². The van der Waals surface area contributed by atoms with Gasteiger partial charge in [0.15, 0.2) is 0 Å². The van der Waals surface area contributed by atoms with Crippen molar-refractivity contribution in [3.63, 3.8) is 0 Å². The highest BCUT2D eigenvalue weighted by atomic mass is 16.1. The summed E-state index contributed by atoms with van der Waals surface area (Å²) in [6.07, 6.45) is 5.21. The molecule has 0 radical (unpaired) electrons. The molecule has 1 saturated heterocycles. The van der Waals surface area contributed by atoms with Crippen molar-refractivity contribution in [3.05, 3.63) is 40.8 Å². The number of hydrogen-bond donors (Lipinski definition) is 0. The summed E-state index contributed by atoms with van der Waals surface area (Å²) in [7, 11) is 3.79. The van der Waals surface area contributed by atoms with Crippen LogP contribution in [-0.4, -0.2) is 45.7 Å². The first-order valence-electron chi connectivity index (χ1n) is 7.83. The first-order chi connectivity index (χ1) is 11.0. The van der Waals surface area contributed by atoms with Crippen molar-refractivity contribution in [2.75, 3.05) is 29.9 Å². The minimum atomic E-state index is -0.0225. The summed E-state index contributed by atoms with van der Waals surface area (Å²) in [6, 6.07) is 4.05. The molecule has 2 aromatic rings. The zero-order chi connectivity index (χ0) is 16.4. The number of aromatic nitrogens is 4. The topological polar surface area (TPSA) is 67.2 Å². The Labute approximate surface area is 135 Å². The van der Waals surface area contributed by atoms with Crippen LogP contribution in [-0.2, 0) is 7.05 Å². The van der Waals surface area contributed by atoms with Gasteiger partial charge >= 0.3 is 0 Å². The monoisotopic (exact) mass is 314 g/mol. The standard InChI is InChI=1S/C16H22N6O/c1-12-8-14(18-10-17-12)21(3)13-4-6-22(7-5-13)15-9-16(23)20(2)11-19-15/h8-11,13H,4-7H2,1-3H3. The number of aryl methyl sites for hydroxylation is 2. The number of anilines is 2. The molecule has 0 aliphatic carbocycles. The van der Waals surface area contributed by atoms with Gasteiger partial charge in [0.1, 0.15) is 18.0 Å². The summed E-state index contributed by atoms with van der Waals surface area (Å²) in [5.74, 6) is 1.73. The van der Waals surface area contributed by atoms with Crippen LogP contribution in [0.4, 0.5) is 11.6 Å². The fourth-order valence-electron chi connectivity index (χ4n) is 2.93. The first kappa shape index (κ1) is 15.5. The van der Waals surface area contributed by atoms with Gasteiger partial charge in [0.25, 0.3) is 5.56 Å². The maximum absolute atomic E-state index is 11.7. The Morgan fingerprint density at radius 2 is 1.91 bits per heavy atom. The lowest BCUT2D eigenvalue weighted by Crippen LogP contribution is -2.44. The van der Waals surface area contributed by atoms with Gasteiger partial charge in [0.2, 0.25) is 0 Å². The lowest BCUT2D eigenvalue weighted by atomic mass is 10.0. The van der Waals surface area contributed by atoms with Crippen molar-refractivity contribution in [2.45, 2.75) is 25.8 Å². The van der Waals surface area contributed by atoms with Gasteiger partial charge in [0.05, 0.1) is 6.33 Å². The number of hydrogen-bond acceptors (Lipinski definition) is 6. The van der Waals surface area contributed by atoms with Crippen LogP contribution in [0.25, 0.3) is 0 Å². The molecule has 1 aliphatic heterocycles. The van der Waals surface area contributed by atoms with Gasteiger partial charge in [-0.3, -0.25) is 4.79 Å². The van der Waals surface area contributed by atoms with Crippen molar-refractivity contribution in [2.24, 2.45) is 7.05 Å². The third-order valence-corrected chi connectivity index (χ3v) is 4.45. The number of piperidine rings is 1. The Bertz CT molecular complexity index is 735. The summed E-state index contributed by atoms with van der Waals surface area (Å²) in [4.78, 5) is 29.0. The van der Waals surface area contributed by atoms with Gasteiger partial charge in [0, 0.05) is 51.1 Å². The summed E-state index contributed by atoms with van der Waals surface area (Å²) >= 11 is 0. The van der Waals surface area contributed by atoms with Crippen molar-refractivity contribution < 1.29 is 0 Å². The number of nitrogens with zero attached hydrogens (tertiary/aromatic N) is 6. The molecule has 1 fully saturated rings. The second-order valence-electron chi connectivity index (χ2n) is 6.04. The zero-order valence-corrected chi connectivity index (χ0v) is 13.8. The molecule has 23 heavy (non-hydrogen) atoms. The molecule has 0 saturated carbocycles. The Balaban J connectivity index is 1.66. The average Bonchev–Trinajstić information content (AvgIpc) is 2.57. The third-order valence-electron chi connectivity index (χ3n) is 4.45. The average molecular weight is 314 g/mol. The third kappa shape index (κ3) is 3.33. The molecule has 0 spiro atoms.